The zero-order chi connectivity index (χ0) is 27.3. The highest BCUT2D eigenvalue weighted by Gasteiger charge is 2.50. The number of halogens is 3. The van der Waals surface area contributed by atoms with Gasteiger partial charge in [-0.1, -0.05) is 6.07 Å². The number of aromatic nitrogens is 1. The van der Waals surface area contributed by atoms with Gasteiger partial charge >= 0.3 is 6.18 Å². The van der Waals surface area contributed by atoms with E-state index in [1.807, 2.05) is 10.2 Å². The molecule has 2 saturated carbocycles. The summed E-state index contributed by atoms with van der Waals surface area (Å²) in [6.07, 6.45) is 0.689. The summed E-state index contributed by atoms with van der Waals surface area (Å²) < 4.78 is 67.5. The fourth-order valence-corrected chi connectivity index (χ4v) is 5.90. The van der Waals surface area contributed by atoms with E-state index in [9.17, 15) is 31.5 Å². The Morgan fingerprint density at radius 1 is 1.11 bits per heavy atom. The summed E-state index contributed by atoms with van der Waals surface area (Å²) in [6.45, 7) is 1.77. The average Bonchev–Trinajstić information content (AvgIpc) is 3.78. The molecule has 1 atom stereocenters. The smallest absolute Gasteiger partial charge is 0.364 e. The van der Waals surface area contributed by atoms with E-state index in [0.717, 1.165) is 38.5 Å². The van der Waals surface area contributed by atoms with E-state index < -0.39 is 27.8 Å². The second-order valence-corrected chi connectivity index (χ2v) is 12.3. The molecular formula is C25H30F3N5O4S. The van der Waals surface area contributed by atoms with E-state index in [2.05, 4.69) is 15.0 Å². The number of alkyl halides is 3. The van der Waals surface area contributed by atoms with Gasteiger partial charge in [-0.3, -0.25) is 4.79 Å². The van der Waals surface area contributed by atoms with Crippen LogP contribution in [0.15, 0.2) is 41.3 Å². The minimum atomic E-state index is -4.95. The predicted molar refractivity (Wildman–Crippen MR) is 135 cm³/mol. The van der Waals surface area contributed by atoms with Gasteiger partial charge in [-0.2, -0.15) is 13.2 Å². The van der Waals surface area contributed by atoms with Crippen molar-refractivity contribution in [3.63, 3.8) is 0 Å². The highest BCUT2D eigenvalue weighted by atomic mass is 32.2. The predicted octanol–water partition coefficient (Wildman–Crippen LogP) is 3.84. The first kappa shape index (κ1) is 26.7. The van der Waals surface area contributed by atoms with Gasteiger partial charge in [0.05, 0.1) is 10.5 Å². The van der Waals surface area contributed by atoms with E-state index in [1.54, 1.807) is 6.07 Å². The van der Waals surface area contributed by atoms with E-state index >= 15 is 0 Å². The molecule has 1 aromatic carbocycles. The van der Waals surface area contributed by atoms with Gasteiger partial charge in [-0.25, -0.2) is 18.1 Å². The van der Waals surface area contributed by atoms with Crippen molar-refractivity contribution < 1.29 is 31.5 Å². The van der Waals surface area contributed by atoms with Crippen molar-refractivity contribution in [3.05, 3.63) is 42.0 Å². The van der Waals surface area contributed by atoms with Gasteiger partial charge in [0.2, 0.25) is 15.7 Å². The summed E-state index contributed by atoms with van der Waals surface area (Å²) in [7, 11) is -3.73. The SMILES string of the molecule is CC(O)(Nc1ccc(C(=O)Nc2cccc(S(=O)(=O)NC3CC3)c2)c(N2CCC3(CC2)CC3)n1)C(F)(F)F. The largest absolute Gasteiger partial charge is 0.436 e. The van der Waals surface area contributed by atoms with Crippen molar-refractivity contribution >= 4 is 33.3 Å². The van der Waals surface area contributed by atoms with Crippen LogP contribution in [0.4, 0.5) is 30.5 Å². The summed E-state index contributed by atoms with van der Waals surface area (Å²) in [5, 5.41) is 14.6. The zero-order valence-electron chi connectivity index (χ0n) is 20.8. The van der Waals surface area contributed by atoms with Crippen LogP contribution in [0.3, 0.4) is 0 Å². The first-order valence-electron chi connectivity index (χ1n) is 12.5. The van der Waals surface area contributed by atoms with E-state index in [1.165, 1.54) is 30.3 Å². The lowest BCUT2D eigenvalue weighted by Gasteiger charge is -2.34. The quantitative estimate of drug-likeness (QED) is 0.366. The molecule has 13 heteroatoms. The van der Waals surface area contributed by atoms with Crippen LogP contribution in [0.1, 0.15) is 55.8 Å². The van der Waals surface area contributed by atoms with Crippen LogP contribution in [-0.4, -0.2) is 55.4 Å². The van der Waals surface area contributed by atoms with E-state index in [4.69, 9.17) is 0 Å². The number of benzene rings is 1. The van der Waals surface area contributed by atoms with Gasteiger partial charge in [0.1, 0.15) is 11.6 Å². The van der Waals surface area contributed by atoms with Crippen molar-refractivity contribution in [2.24, 2.45) is 5.41 Å². The second kappa shape index (κ2) is 9.38. The number of pyridine rings is 1. The van der Waals surface area contributed by atoms with Crippen LogP contribution in [0, 0.1) is 5.41 Å². The molecule has 9 nitrogen and oxygen atoms in total. The number of piperidine rings is 1. The number of anilines is 3. The third-order valence-corrected chi connectivity index (χ3v) is 8.94. The molecule has 0 radical (unpaired) electrons. The maximum absolute atomic E-state index is 13.3. The topological polar surface area (TPSA) is 124 Å². The second-order valence-electron chi connectivity index (χ2n) is 10.6. The summed E-state index contributed by atoms with van der Waals surface area (Å²) in [4.78, 5) is 19.5. The Labute approximate surface area is 218 Å². The molecule has 1 amide bonds. The van der Waals surface area contributed by atoms with Crippen LogP contribution in [-0.2, 0) is 10.0 Å². The Kier molecular flexibility index (Phi) is 6.59. The number of aliphatic hydroxyl groups is 1. The molecule has 2 heterocycles. The summed E-state index contributed by atoms with van der Waals surface area (Å²) >= 11 is 0. The molecule has 2 aromatic rings. The van der Waals surface area contributed by atoms with Gasteiger partial charge in [-0.15, -0.1) is 0 Å². The van der Waals surface area contributed by atoms with Crippen LogP contribution in [0.5, 0.6) is 0 Å². The van der Waals surface area contributed by atoms with Gasteiger partial charge in [0.25, 0.3) is 5.91 Å². The maximum atomic E-state index is 13.3. The zero-order valence-corrected chi connectivity index (χ0v) is 21.6. The fraction of sp³-hybridized carbons (Fsp3) is 0.520. The third-order valence-electron chi connectivity index (χ3n) is 7.43. The maximum Gasteiger partial charge on any atom is 0.436 e. The lowest BCUT2D eigenvalue weighted by molar-refractivity contribution is -0.240. The lowest BCUT2D eigenvalue weighted by atomic mass is 9.93. The summed E-state index contributed by atoms with van der Waals surface area (Å²) in [6, 6.07) is 8.33. The molecule has 1 unspecified atom stereocenters. The van der Waals surface area contributed by atoms with E-state index in [0.29, 0.717) is 25.4 Å². The van der Waals surface area contributed by atoms with E-state index in [-0.39, 0.29) is 33.8 Å². The van der Waals surface area contributed by atoms with Crippen LogP contribution in [0.25, 0.3) is 0 Å². The van der Waals surface area contributed by atoms with Crippen molar-refractivity contribution in [1.82, 2.24) is 9.71 Å². The average molecular weight is 554 g/mol. The Bertz CT molecular complexity index is 1330. The Morgan fingerprint density at radius 2 is 1.79 bits per heavy atom. The van der Waals surface area contributed by atoms with Crippen molar-refractivity contribution in [3.8, 4) is 0 Å². The number of amides is 1. The van der Waals surface area contributed by atoms with Crippen LogP contribution < -0.4 is 20.3 Å². The van der Waals surface area contributed by atoms with Gasteiger partial charge < -0.3 is 20.6 Å². The summed E-state index contributed by atoms with van der Waals surface area (Å²) in [5.41, 5.74) is -2.54. The minimum Gasteiger partial charge on any atom is -0.364 e. The molecule has 1 aromatic heterocycles. The highest BCUT2D eigenvalue weighted by molar-refractivity contribution is 7.89. The van der Waals surface area contributed by atoms with Gasteiger partial charge in [-0.05, 0) is 81.2 Å². The molecule has 1 saturated heterocycles. The normalized spacial score (nSPS) is 20.6. The Hall–Kier alpha value is -2.90. The number of nitrogens with zero attached hydrogens (tertiary/aromatic N) is 2. The molecule has 1 aliphatic heterocycles. The molecule has 5 rings (SSSR count). The molecule has 1 spiro atoms. The molecule has 3 fully saturated rings. The molecule has 4 N–H and O–H groups in total. The van der Waals surface area contributed by atoms with Crippen molar-refractivity contribution in [1.29, 1.82) is 0 Å². The molecule has 38 heavy (non-hydrogen) atoms. The van der Waals surface area contributed by atoms with Crippen LogP contribution in [0.2, 0.25) is 0 Å². The lowest BCUT2D eigenvalue weighted by Crippen LogP contribution is -2.49. The Morgan fingerprint density at radius 3 is 2.39 bits per heavy atom. The molecular weight excluding hydrogens is 523 g/mol. The number of hydrogen-bond acceptors (Lipinski definition) is 7. The number of nitrogens with one attached hydrogen (secondary N) is 3. The highest BCUT2D eigenvalue weighted by Crippen LogP contribution is 2.54. The summed E-state index contributed by atoms with van der Waals surface area (Å²) in [5.74, 6) is -0.622. The number of rotatable bonds is 8. The molecule has 206 valence electrons. The van der Waals surface area contributed by atoms with Gasteiger partial charge in [0.15, 0.2) is 0 Å². The monoisotopic (exact) mass is 553 g/mol. The fourth-order valence-electron chi connectivity index (χ4n) is 4.55. The van der Waals surface area contributed by atoms with Crippen molar-refractivity contribution in [2.45, 2.75) is 68.3 Å². The molecule has 0 bridgehead atoms. The van der Waals surface area contributed by atoms with Crippen LogP contribution >= 0.6 is 0 Å². The third kappa shape index (κ3) is 5.74. The van der Waals surface area contributed by atoms with Crippen molar-refractivity contribution in [2.75, 3.05) is 28.6 Å². The molecule has 2 aliphatic carbocycles. The van der Waals surface area contributed by atoms with Gasteiger partial charge in [0, 0.05) is 24.8 Å². The minimum absolute atomic E-state index is 0.0141. The first-order chi connectivity index (χ1) is 17.8. The number of hydrogen-bond donors (Lipinski definition) is 4. The number of carbonyl (C=O) groups is 1. The standard InChI is InChI=1S/C25H30F3N5O4S/c1-23(35,25(26,27)28)31-20-8-7-19(21(30-20)33-13-11-24(9-10-24)12-14-33)22(34)29-17-3-2-4-18(15-17)38(36,37)32-16-5-6-16/h2-4,7-8,15-16,32,35H,5-6,9-14H2,1H3,(H,29,34)(H,30,31). The number of sulfonamides is 1. The molecule has 3 aliphatic rings. The first-order valence-corrected chi connectivity index (χ1v) is 14.0. The Balaban J connectivity index is 1.40. The number of carbonyl (C=O) groups excluding carboxylic acids is 1.